The van der Waals surface area contributed by atoms with Crippen LogP contribution < -0.4 is 5.32 Å². The highest BCUT2D eigenvalue weighted by Gasteiger charge is 2.08. The molecule has 100 valence electrons. The molecule has 4 nitrogen and oxygen atoms in total. The van der Waals surface area contributed by atoms with Gasteiger partial charge in [-0.3, -0.25) is 4.90 Å². The fourth-order valence-corrected chi connectivity index (χ4v) is 1.79. The first-order chi connectivity index (χ1) is 8.80. The van der Waals surface area contributed by atoms with Crippen molar-refractivity contribution in [2.45, 2.75) is 39.8 Å². The Balaban J connectivity index is 2.43. The summed E-state index contributed by atoms with van der Waals surface area (Å²) in [6.07, 6.45) is 7.56. The maximum Gasteiger partial charge on any atom is 0.151 e. The smallest absolute Gasteiger partial charge is 0.151 e. The topological polar surface area (TPSA) is 41.3 Å². The van der Waals surface area contributed by atoms with Crippen LogP contribution in [0.1, 0.15) is 38.1 Å². The Labute approximate surface area is 110 Å². The average Bonchev–Trinajstić information content (AvgIpc) is 2.78. The first-order valence-corrected chi connectivity index (χ1v) is 6.61. The van der Waals surface area contributed by atoms with Gasteiger partial charge in [-0.15, -0.1) is 6.42 Å². The van der Waals surface area contributed by atoms with Gasteiger partial charge < -0.3 is 9.84 Å². The summed E-state index contributed by atoms with van der Waals surface area (Å²) < 4.78 is 5.32. The van der Waals surface area contributed by atoms with Gasteiger partial charge in [-0.1, -0.05) is 24.9 Å². The van der Waals surface area contributed by atoms with Crippen LogP contribution in [0, 0.1) is 12.3 Å². The molecule has 0 amide bonds. The van der Waals surface area contributed by atoms with Crippen LogP contribution >= 0.6 is 0 Å². The van der Waals surface area contributed by atoms with Crippen LogP contribution in [0.3, 0.4) is 0 Å². The molecule has 1 heterocycles. The summed E-state index contributed by atoms with van der Waals surface area (Å²) in [6.45, 7) is 8.42. The van der Waals surface area contributed by atoms with E-state index < -0.39 is 0 Å². The predicted molar refractivity (Wildman–Crippen MR) is 72.9 cm³/mol. The van der Waals surface area contributed by atoms with E-state index in [-0.39, 0.29) is 0 Å². The lowest BCUT2D eigenvalue weighted by atomic mass is 10.3. The third kappa shape index (κ3) is 5.35. The molecule has 0 radical (unpaired) electrons. The van der Waals surface area contributed by atoms with Crippen molar-refractivity contribution in [2.24, 2.45) is 0 Å². The van der Waals surface area contributed by atoms with E-state index in [0.717, 1.165) is 50.5 Å². The molecule has 0 aliphatic heterocycles. The molecule has 0 aliphatic carbocycles. The van der Waals surface area contributed by atoms with Crippen LogP contribution in [0.15, 0.2) is 10.6 Å². The van der Waals surface area contributed by atoms with Crippen LogP contribution in [0.5, 0.6) is 0 Å². The van der Waals surface area contributed by atoms with Gasteiger partial charge in [0.1, 0.15) is 0 Å². The van der Waals surface area contributed by atoms with E-state index in [2.05, 4.69) is 35.1 Å². The van der Waals surface area contributed by atoms with Crippen molar-refractivity contribution in [3.05, 3.63) is 17.5 Å². The monoisotopic (exact) mass is 249 g/mol. The molecular formula is C14H23N3O. The van der Waals surface area contributed by atoms with Gasteiger partial charge in [-0.05, 0) is 25.9 Å². The fourth-order valence-electron chi connectivity index (χ4n) is 1.79. The van der Waals surface area contributed by atoms with E-state index in [1.54, 1.807) is 0 Å². The van der Waals surface area contributed by atoms with Crippen molar-refractivity contribution in [1.82, 2.24) is 15.4 Å². The zero-order valence-electron chi connectivity index (χ0n) is 11.4. The fraction of sp³-hybridized carbons (Fsp3) is 0.643. The van der Waals surface area contributed by atoms with E-state index in [1.165, 1.54) is 0 Å². The Morgan fingerprint density at radius 2 is 2.28 bits per heavy atom. The zero-order valence-corrected chi connectivity index (χ0v) is 11.4. The Hall–Kier alpha value is -1.31. The summed E-state index contributed by atoms with van der Waals surface area (Å²) in [5.74, 6) is 3.55. The highest BCUT2D eigenvalue weighted by atomic mass is 16.5. The first-order valence-electron chi connectivity index (χ1n) is 6.61. The first kappa shape index (κ1) is 14.7. The van der Waals surface area contributed by atoms with E-state index >= 15 is 0 Å². The molecule has 0 bridgehead atoms. The largest absolute Gasteiger partial charge is 0.360 e. The van der Waals surface area contributed by atoms with Gasteiger partial charge in [0, 0.05) is 12.6 Å². The Morgan fingerprint density at radius 3 is 2.94 bits per heavy atom. The van der Waals surface area contributed by atoms with Crippen molar-refractivity contribution in [3.8, 4) is 12.3 Å². The molecule has 0 saturated heterocycles. The number of nitrogens with one attached hydrogen (secondary N) is 1. The summed E-state index contributed by atoms with van der Waals surface area (Å²) in [6, 6.07) is 2.00. The lowest BCUT2D eigenvalue weighted by molar-refractivity contribution is 0.254. The number of hydrogen-bond donors (Lipinski definition) is 1. The van der Waals surface area contributed by atoms with Gasteiger partial charge in [0.25, 0.3) is 0 Å². The number of aromatic nitrogens is 1. The van der Waals surface area contributed by atoms with Gasteiger partial charge in [0.05, 0.1) is 18.8 Å². The summed E-state index contributed by atoms with van der Waals surface area (Å²) in [5.41, 5.74) is 0.954. The summed E-state index contributed by atoms with van der Waals surface area (Å²) in [7, 11) is 0. The van der Waals surface area contributed by atoms with Gasteiger partial charge in [-0.2, -0.15) is 0 Å². The molecule has 0 aliphatic rings. The third-order valence-corrected chi connectivity index (χ3v) is 2.57. The van der Waals surface area contributed by atoms with E-state index in [0.29, 0.717) is 6.54 Å². The van der Waals surface area contributed by atoms with Crippen molar-refractivity contribution >= 4 is 0 Å². The standard InChI is InChI=1S/C14H23N3O/c1-4-7-15-11-13-10-14(18-16-13)12-17(8-5-2)9-6-3/h2,10,15H,4,6-9,11-12H2,1,3H3. The molecule has 1 N–H and O–H groups in total. The molecule has 0 unspecified atom stereocenters. The Bertz CT molecular complexity index is 367. The molecule has 0 fully saturated rings. The average molecular weight is 249 g/mol. The summed E-state index contributed by atoms with van der Waals surface area (Å²) >= 11 is 0. The van der Waals surface area contributed by atoms with Crippen molar-refractivity contribution < 1.29 is 4.52 Å². The van der Waals surface area contributed by atoms with Crippen molar-refractivity contribution in [2.75, 3.05) is 19.6 Å². The molecule has 0 saturated carbocycles. The van der Waals surface area contributed by atoms with Crippen LogP contribution in [0.4, 0.5) is 0 Å². The van der Waals surface area contributed by atoms with Crippen molar-refractivity contribution in [1.29, 1.82) is 0 Å². The molecule has 0 spiro atoms. The minimum absolute atomic E-state index is 0.651. The van der Waals surface area contributed by atoms with E-state index in [4.69, 9.17) is 10.9 Å². The highest BCUT2D eigenvalue weighted by molar-refractivity contribution is 5.05. The normalized spacial score (nSPS) is 10.8. The summed E-state index contributed by atoms with van der Waals surface area (Å²) in [4.78, 5) is 2.18. The third-order valence-electron chi connectivity index (χ3n) is 2.57. The number of rotatable bonds is 9. The van der Waals surface area contributed by atoms with Gasteiger partial charge in [0.15, 0.2) is 5.76 Å². The molecular weight excluding hydrogens is 226 g/mol. The number of nitrogens with zero attached hydrogens (tertiary/aromatic N) is 2. The van der Waals surface area contributed by atoms with E-state index in [1.807, 2.05) is 6.07 Å². The number of hydrogen-bond acceptors (Lipinski definition) is 4. The van der Waals surface area contributed by atoms with Crippen LogP contribution in [-0.2, 0) is 13.1 Å². The Kier molecular flexibility index (Phi) is 7.16. The van der Waals surface area contributed by atoms with Crippen LogP contribution in [0.25, 0.3) is 0 Å². The highest BCUT2D eigenvalue weighted by Crippen LogP contribution is 2.07. The second-order valence-electron chi connectivity index (χ2n) is 4.38. The second-order valence-corrected chi connectivity index (χ2v) is 4.38. The SMILES string of the molecule is C#CCN(CCC)Cc1cc(CNCCC)no1. The van der Waals surface area contributed by atoms with Gasteiger partial charge in [0.2, 0.25) is 0 Å². The zero-order chi connectivity index (χ0) is 13.2. The molecule has 4 heteroatoms. The molecule has 1 rings (SSSR count). The maximum absolute atomic E-state index is 5.35. The van der Waals surface area contributed by atoms with Gasteiger partial charge >= 0.3 is 0 Å². The lowest BCUT2D eigenvalue weighted by Crippen LogP contribution is -2.24. The molecule has 1 aromatic rings. The second kappa shape index (κ2) is 8.73. The summed E-state index contributed by atoms with van der Waals surface area (Å²) in [5, 5.41) is 7.35. The molecule has 1 aromatic heterocycles. The molecule has 0 atom stereocenters. The minimum atomic E-state index is 0.651. The van der Waals surface area contributed by atoms with E-state index in [9.17, 15) is 0 Å². The van der Waals surface area contributed by atoms with Crippen LogP contribution in [-0.4, -0.2) is 29.7 Å². The minimum Gasteiger partial charge on any atom is -0.360 e. The molecule has 18 heavy (non-hydrogen) atoms. The lowest BCUT2D eigenvalue weighted by Gasteiger charge is -2.16. The molecule has 0 aromatic carbocycles. The Morgan fingerprint density at radius 1 is 1.44 bits per heavy atom. The van der Waals surface area contributed by atoms with Crippen molar-refractivity contribution in [3.63, 3.8) is 0 Å². The number of terminal acetylenes is 1. The maximum atomic E-state index is 5.35. The van der Waals surface area contributed by atoms with Crippen LogP contribution in [0.2, 0.25) is 0 Å². The quantitative estimate of drug-likeness (QED) is 0.537. The predicted octanol–water partition coefficient (Wildman–Crippen LogP) is 2.02. The van der Waals surface area contributed by atoms with Gasteiger partial charge in [-0.25, -0.2) is 0 Å².